The summed E-state index contributed by atoms with van der Waals surface area (Å²) in [5.41, 5.74) is 0.839. The first-order valence-electron chi connectivity index (χ1n) is 7.25. The topological polar surface area (TPSA) is 85.3 Å². The van der Waals surface area contributed by atoms with E-state index < -0.39 is 5.97 Å². The van der Waals surface area contributed by atoms with Crippen LogP contribution >= 0.6 is 11.3 Å². The van der Waals surface area contributed by atoms with Gasteiger partial charge in [-0.2, -0.15) is 10.2 Å². The first kappa shape index (κ1) is 15.5. The van der Waals surface area contributed by atoms with Crippen LogP contribution in [0.1, 0.15) is 49.6 Å². The Kier molecular flexibility index (Phi) is 4.33. The number of likely N-dealkylation sites (tertiary alicyclic amines) is 1. The van der Waals surface area contributed by atoms with Crippen molar-refractivity contribution >= 4 is 23.2 Å². The number of carbonyl (C=O) groups excluding carboxylic acids is 2. The van der Waals surface area contributed by atoms with Gasteiger partial charge in [-0.3, -0.25) is 4.79 Å². The third-order valence-electron chi connectivity index (χ3n) is 3.82. The van der Waals surface area contributed by atoms with Gasteiger partial charge in [-0.15, -0.1) is 11.3 Å². The van der Waals surface area contributed by atoms with Gasteiger partial charge in [0.1, 0.15) is 5.01 Å². The highest BCUT2D eigenvalue weighted by Crippen LogP contribution is 2.36. The molecule has 3 rings (SSSR count). The Morgan fingerprint density at radius 2 is 2.22 bits per heavy atom. The van der Waals surface area contributed by atoms with Crippen LogP contribution in [0.2, 0.25) is 0 Å². The van der Waals surface area contributed by atoms with Gasteiger partial charge in [-0.25, -0.2) is 9.78 Å². The number of carbonyl (C=O) groups is 2. The summed E-state index contributed by atoms with van der Waals surface area (Å²) in [7, 11) is 1.34. The monoisotopic (exact) mass is 332 g/mol. The Morgan fingerprint density at radius 3 is 2.91 bits per heavy atom. The maximum Gasteiger partial charge on any atom is 0.357 e. The van der Waals surface area contributed by atoms with E-state index in [4.69, 9.17) is 4.74 Å². The number of rotatable bonds is 3. The maximum atomic E-state index is 12.7. The molecule has 0 saturated carbocycles. The molecule has 0 radical (unpaired) electrons. The fourth-order valence-corrected chi connectivity index (χ4v) is 3.75. The molecule has 0 N–H and O–H groups in total. The number of ether oxygens (including phenoxy) is 1. The van der Waals surface area contributed by atoms with Crippen LogP contribution in [0.3, 0.4) is 0 Å². The van der Waals surface area contributed by atoms with Crippen LogP contribution in [0.5, 0.6) is 0 Å². The lowest BCUT2D eigenvalue weighted by atomic mass is 10.2. The number of thiazole rings is 1. The summed E-state index contributed by atoms with van der Waals surface area (Å²) in [6.45, 7) is 2.50. The Hall–Kier alpha value is -2.35. The lowest BCUT2D eigenvalue weighted by molar-refractivity contribution is 0.0593. The van der Waals surface area contributed by atoms with E-state index in [9.17, 15) is 9.59 Å². The molecule has 2 aromatic rings. The summed E-state index contributed by atoms with van der Waals surface area (Å²) in [6, 6.07) is 1.54. The molecule has 8 heteroatoms. The minimum atomic E-state index is -0.445. The molecular weight excluding hydrogens is 316 g/mol. The number of aryl methyl sites for hydroxylation is 1. The van der Waals surface area contributed by atoms with Gasteiger partial charge in [-0.05, 0) is 25.8 Å². The van der Waals surface area contributed by atoms with Crippen LogP contribution in [0.25, 0.3) is 0 Å². The van der Waals surface area contributed by atoms with E-state index in [1.807, 2.05) is 6.92 Å². The van der Waals surface area contributed by atoms with Crippen LogP contribution in [0.4, 0.5) is 0 Å². The molecule has 0 aromatic carbocycles. The quantitative estimate of drug-likeness (QED) is 0.799. The second-order valence-electron chi connectivity index (χ2n) is 5.24. The number of nitrogens with zero attached hydrogens (tertiary/aromatic N) is 4. The van der Waals surface area contributed by atoms with Crippen molar-refractivity contribution in [3.05, 3.63) is 39.6 Å². The van der Waals surface area contributed by atoms with Gasteiger partial charge in [0, 0.05) is 11.4 Å². The molecule has 2 aromatic heterocycles. The highest BCUT2D eigenvalue weighted by molar-refractivity contribution is 7.12. The van der Waals surface area contributed by atoms with Gasteiger partial charge < -0.3 is 9.64 Å². The van der Waals surface area contributed by atoms with Crippen molar-refractivity contribution in [3.8, 4) is 0 Å². The average molecular weight is 332 g/mol. The molecule has 0 unspecified atom stereocenters. The van der Waals surface area contributed by atoms with Gasteiger partial charge in [0.25, 0.3) is 5.91 Å². The number of hydrogen-bond donors (Lipinski definition) is 0. The minimum Gasteiger partial charge on any atom is -0.464 e. The molecule has 120 valence electrons. The molecule has 1 aliphatic rings. The van der Waals surface area contributed by atoms with Crippen molar-refractivity contribution in [2.24, 2.45) is 0 Å². The highest BCUT2D eigenvalue weighted by Gasteiger charge is 2.33. The average Bonchev–Trinajstić information content (AvgIpc) is 3.20. The van der Waals surface area contributed by atoms with Crippen molar-refractivity contribution < 1.29 is 14.3 Å². The number of amides is 1. The van der Waals surface area contributed by atoms with Gasteiger partial charge in [0.05, 0.1) is 31.1 Å². The molecule has 0 spiro atoms. The molecule has 0 aliphatic carbocycles. The SMILES string of the molecule is COC(=O)c1nc([C@@H]2CCCN2C(=O)c2ccnnc2)sc1C. The van der Waals surface area contributed by atoms with E-state index in [0.717, 1.165) is 22.7 Å². The van der Waals surface area contributed by atoms with Crippen LogP contribution in [0.15, 0.2) is 18.5 Å². The van der Waals surface area contributed by atoms with Crippen molar-refractivity contribution in [1.82, 2.24) is 20.1 Å². The van der Waals surface area contributed by atoms with Crippen LogP contribution < -0.4 is 0 Å². The Labute approximate surface area is 137 Å². The zero-order valence-corrected chi connectivity index (χ0v) is 13.7. The molecule has 7 nitrogen and oxygen atoms in total. The fraction of sp³-hybridized carbons (Fsp3) is 0.400. The zero-order valence-electron chi connectivity index (χ0n) is 12.9. The maximum absolute atomic E-state index is 12.7. The van der Waals surface area contributed by atoms with E-state index in [1.165, 1.54) is 30.8 Å². The molecule has 1 saturated heterocycles. The minimum absolute atomic E-state index is 0.0881. The van der Waals surface area contributed by atoms with Crippen molar-refractivity contribution in [3.63, 3.8) is 0 Å². The number of aromatic nitrogens is 3. The lowest BCUT2D eigenvalue weighted by Crippen LogP contribution is -2.30. The lowest BCUT2D eigenvalue weighted by Gasteiger charge is -2.22. The van der Waals surface area contributed by atoms with Gasteiger partial charge in [-0.1, -0.05) is 0 Å². The Morgan fingerprint density at radius 1 is 1.39 bits per heavy atom. The van der Waals surface area contributed by atoms with Gasteiger partial charge >= 0.3 is 5.97 Å². The molecule has 3 heterocycles. The fourth-order valence-electron chi connectivity index (χ4n) is 2.70. The normalized spacial score (nSPS) is 17.3. The van der Waals surface area contributed by atoms with E-state index in [2.05, 4.69) is 15.2 Å². The predicted molar refractivity (Wildman–Crippen MR) is 83.2 cm³/mol. The molecule has 1 atom stereocenters. The van der Waals surface area contributed by atoms with Crippen LogP contribution in [-0.2, 0) is 4.74 Å². The summed E-state index contributed by atoms with van der Waals surface area (Å²) in [5, 5.41) is 8.22. The first-order valence-corrected chi connectivity index (χ1v) is 8.06. The molecule has 0 bridgehead atoms. The smallest absolute Gasteiger partial charge is 0.357 e. The molecule has 23 heavy (non-hydrogen) atoms. The number of esters is 1. The van der Waals surface area contributed by atoms with Crippen molar-refractivity contribution in [1.29, 1.82) is 0 Å². The highest BCUT2D eigenvalue weighted by atomic mass is 32.1. The zero-order chi connectivity index (χ0) is 16.4. The molecule has 1 aliphatic heterocycles. The second kappa shape index (κ2) is 6.41. The van der Waals surface area contributed by atoms with Gasteiger partial charge in [0.15, 0.2) is 5.69 Å². The summed E-state index contributed by atoms with van der Waals surface area (Å²) in [5.74, 6) is -0.533. The van der Waals surface area contributed by atoms with Crippen LogP contribution in [-0.4, -0.2) is 45.6 Å². The van der Waals surface area contributed by atoms with Crippen LogP contribution in [0, 0.1) is 6.92 Å². The summed E-state index contributed by atoms with van der Waals surface area (Å²) >= 11 is 1.44. The summed E-state index contributed by atoms with van der Waals surface area (Å²) < 4.78 is 4.75. The largest absolute Gasteiger partial charge is 0.464 e. The molecule has 1 amide bonds. The van der Waals surface area contributed by atoms with E-state index in [0.29, 0.717) is 17.8 Å². The molecule has 1 fully saturated rings. The number of methoxy groups -OCH3 is 1. The second-order valence-corrected chi connectivity index (χ2v) is 6.47. The van der Waals surface area contributed by atoms with E-state index >= 15 is 0 Å². The van der Waals surface area contributed by atoms with Crippen molar-refractivity contribution in [2.45, 2.75) is 25.8 Å². The molecular formula is C15H16N4O3S. The standard InChI is InChI=1S/C15H16N4O3S/c1-9-12(15(21)22-2)18-13(23-9)11-4-3-7-19(11)14(20)10-5-6-16-17-8-10/h5-6,8,11H,3-4,7H2,1-2H3/t11-/m0/s1. The summed E-state index contributed by atoms with van der Waals surface area (Å²) in [6.07, 6.45) is 4.70. The van der Waals surface area contributed by atoms with Gasteiger partial charge in [0.2, 0.25) is 0 Å². The van der Waals surface area contributed by atoms with E-state index in [1.54, 1.807) is 11.0 Å². The predicted octanol–water partition coefficient (Wildman–Crippen LogP) is 2.01. The first-order chi connectivity index (χ1) is 11.1. The summed E-state index contributed by atoms with van der Waals surface area (Å²) in [4.78, 5) is 31.4. The Balaban J connectivity index is 1.88. The van der Waals surface area contributed by atoms with E-state index in [-0.39, 0.29) is 11.9 Å². The third kappa shape index (κ3) is 2.94. The Bertz CT molecular complexity index is 732. The van der Waals surface area contributed by atoms with Crippen molar-refractivity contribution in [2.75, 3.05) is 13.7 Å². The number of hydrogen-bond acceptors (Lipinski definition) is 7. The third-order valence-corrected chi connectivity index (χ3v) is 4.89.